The summed E-state index contributed by atoms with van der Waals surface area (Å²) in [5, 5.41) is 3.62. The molecule has 4 nitrogen and oxygen atoms in total. The molecule has 170 valence electrons. The highest BCUT2D eigenvalue weighted by atomic mass is 16.5. The molecule has 4 heteroatoms. The van der Waals surface area contributed by atoms with E-state index in [1.165, 1.54) is 11.1 Å². The second-order valence-electron chi connectivity index (χ2n) is 8.35. The predicted molar refractivity (Wildman–Crippen MR) is 137 cm³/mol. The Morgan fingerprint density at radius 3 is 2.53 bits per heavy atom. The lowest BCUT2D eigenvalue weighted by Crippen LogP contribution is -2.28. The van der Waals surface area contributed by atoms with Crippen molar-refractivity contribution in [3.8, 4) is 22.8 Å². The van der Waals surface area contributed by atoms with Crippen molar-refractivity contribution in [2.75, 3.05) is 13.7 Å². The number of nitrogens with zero attached hydrogens (tertiary/aromatic N) is 1. The largest absolute Gasteiger partial charge is 0.493 e. The summed E-state index contributed by atoms with van der Waals surface area (Å²) in [6.45, 7) is 1.44. The zero-order valence-corrected chi connectivity index (χ0v) is 19.3. The number of rotatable bonds is 7. The van der Waals surface area contributed by atoms with E-state index in [4.69, 9.17) is 9.47 Å². The molecule has 1 atom stereocenters. The first kappa shape index (κ1) is 21.9. The van der Waals surface area contributed by atoms with Gasteiger partial charge >= 0.3 is 0 Å². The van der Waals surface area contributed by atoms with Crippen LogP contribution >= 0.6 is 0 Å². The molecule has 34 heavy (non-hydrogen) atoms. The minimum atomic E-state index is 0.122. The number of pyridine rings is 1. The highest BCUT2D eigenvalue weighted by molar-refractivity contribution is 5.62. The van der Waals surface area contributed by atoms with Crippen LogP contribution in [-0.2, 0) is 13.0 Å². The van der Waals surface area contributed by atoms with Crippen LogP contribution in [0.4, 0.5) is 0 Å². The molecule has 1 aliphatic heterocycles. The normalized spacial score (nSPS) is 15.1. The van der Waals surface area contributed by atoms with Crippen LogP contribution in [0.2, 0.25) is 0 Å². The third-order valence-electron chi connectivity index (χ3n) is 6.11. The van der Waals surface area contributed by atoms with Crippen molar-refractivity contribution in [3.05, 3.63) is 119 Å². The lowest BCUT2D eigenvalue weighted by Gasteiger charge is -2.26. The number of fused-ring (bicyclic) bond motifs is 1. The molecule has 0 bridgehead atoms. The van der Waals surface area contributed by atoms with E-state index in [2.05, 4.69) is 71.0 Å². The van der Waals surface area contributed by atoms with Crippen LogP contribution in [0, 0.1) is 0 Å². The van der Waals surface area contributed by atoms with E-state index in [1.807, 2.05) is 42.6 Å². The topological polar surface area (TPSA) is 43.4 Å². The van der Waals surface area contributed by atoms with Gasteiger partial charge in [0.1, 0.15) is 6.61 Å². The summed E-state index contributed by atoms with van der Waals surface area (Å²) in [6, 6.07) is 29.0. The van der Waals surface area contributed by atoms with E-state index >= 15 is 0 Å². The van der Waals surface area contributed by atoms with Gasteiger partial charge in [-0.3, -0.25) is 4.98 Å². The lowest BCUT2D eigenvalue weighted by atomic mass is 9.93. The van der Waals surface area contributed by atoms with Crippen LogP contribution in [0.3, 0.4) is 0 Å². The lowest BCUT2D eigenvalue weighted by molar-refractivity contribution is 0.283. The fourth-order valence-electron chi connectivity index (χ4n) is 4.28. The van der Waals surface area contributed by atoms with Gasteiger partial charge in [0.25, 0.3) is 0 Å². The molecular weight excluding hydrogens is 420 g/mol. The quantitative estimate of drug-likeness (QED) is 0.364. The third-order valence-corrected chi connectivity index (χ3v) is 6.11. The smallest absolute Gasteiger partial charge is 0.161 e. The average molecular weight is 449 g/mol. The maximum absolute atomic E-state index is 6.12. The van der Waals surface area contributed by atoms with E-state index in [0.717, 1.165) is 46.8 Å². The Morgan fingerprint density at radius 1 is 0.941 bits per heavy atom. The van der Waals surface area contributed by atoms with Crippen LogP contribution in [0.5, 0.6) is 11.5 Å². The Morgan fingerprint density at radius 2 is 1.76 bits per heavy atom. The molecule has 0 spiro atoms. The van der Waals surface area contributed by atoms with Crippen molar-refractivity contribution >= 4 is 6.08 Å². The van der Waals surface area contributed by atoms with Crippen LogP contribution in [0.1, 0.15) is 28.3 Å². The van der Waals surface area contributed by atoms with E-state index in [1.54, 1.807) is 7.11 Å². The summed E-state index contributed by atoms with van der Waals surface area (Å²) >= 11 is 0. The SMILES string of the molecule is COc1cc2c(cc1OCc1ccccc1)CCNC2C=Cc1ccc(-c2ccccn2)cc1. The molecule has 3 aromatic carbocycles. The molecule has 5 rings (SSSR count). The fourth-order valence-corrected chi connectivity index (χ4v) is 4.28. The first-order valence-corrected chi connectivity index (χ1v) is 11.6. The Hall–Kier alpha value is -3.89. The van der Waals surface area contributed by atoms with E-state index in [-0.39, 0.29) is 6.04 Å². The van der Waals surface area contributed by atoms with Crippen molar-refractivity contribution in [1.29, 1.82) is 0 Å². The van der Waals surface area contributed by atoms with Gasteiger partial charge in [0, 0.05) is 18.3 Å². The number of methoxy groups -OCH3 is 1. The summed E-state index contributed by atoms with van der Waals surface area (Å²) in [5.74, 6) is 1.55. The van der Waals surface area contributed by atoms with Gasteiger partial charge in [0.15, 0.2) is 11.5 Å². The highest BCUT2D eigenvalue weighted by Gasteiger charge is 2.21. The summed E-state index contributed by atoms with van der Waals surface area (Å²) in [5.41, 5.74) is 6.92. The van der Waals surface area contributed by atoms with Crippen molar-refractivity contribution < 1.29 is 9.47 Å². The Labute approximate surface area is 200 Å². The van der Waals surface area contributed by atoms with Gasteiger partial charge in [-0.25, -0.2) is 0 Å². The summed E-state index contributed by atoms with van der Waals surface area (Å²) in [6.07, 6.45) is 7.17. The summed E-state index contributed by atoms with van der Waals surface area (Å²) in [4.78, 5) is 4.43. The molecule has 0 aliphatic carbocycles. The standard InChI is InChI=1S/C30H28N2O2/c1-33-29-20-26-25(19-30(29)34-21-23-7-3-2-4-8-23)16-18-32-28(26)15-12-22-10-13-24(14-11-22)27-9-5-6-17-31-27/h2-15,17,19-20,28,32H,16,18,21H2,1H3. The second kappa shape index (κ2) is 10.4. The highest BCUT2D eigenvalue weighted by Crippen LogP contribution is 2.36. The molecule has 0 saturated carbocycles. The van der Waals surface area contributed by atoms with Crippen LogP contribution in [0.25, 0.3) is 17.3 Å². The van der Waals surface area contributed by atoms with Crippen molar-refractivity contribution in [1.82, 2.24) is 10.3 Å². The van der Waals surface area contributed by atoms with Crippen LogP contribution in [0.15, 0.2) is 97.2 Å². The molecule has 1 aliphatic rings. The number of benzene rings is 3. The fraction of sp³-hybridized carbons (Fsp3) is 0.167. The Kier molecular flexibility index (Phi) is 6.68. The van der Waals surface area contributed by atoms with Crippen LogP contribution in [-0.4, -0.2) is 18.6 Å². The zero-order valence-electron chi connectivity index (χ0n) is 19.3. The average Bonchev–Trinajstić information content (AvgIpc) is 2.91. The molecule has 0 amide bonds. The van der Waals surface area contributed by atoms with Gasteiger partial charge in [-0.2, -0.15) is 0 Å². The van der Waals surface area contributed by atoms with Gasteiger partial charge in [0.05, 0.1) is 18.8 Å². The second-order valence-corrected chi connectivity index (χ2v) is 8.35. The van der Waals surface area contributed by atoms with Gasteiger partial charge in [-0.15, -0.1) is 0 Å². The molecule has 1 N–H and O–H groups in total. The Balaban J connectivity index is 1.33. The van der Waals surface area contributed by atoms with E-state index in [0.29, 0.717) is 6.61 Å². The Bertz CT molecular complexity index is 1250. The maximum Gasteiger partial charge on any atom is 0.161 e. The van der Waals surface area contributed by atoms with Crippen molar-refractivity contribution in [3.63, 3.8) is 0 Å². The molecule has 1 aromatic heterocycles. The first-order chi connectivity index (χ1) is 16.8. The monoisotopic (exact) mass is 448 g/mol. The third kappa shape index (κ3) is 5.03. The molecule has 0 radical (unpaired) electrons. The van der Waals surface area contributed by atoms with Gasteiger partial charge in [0.2, 0.25) is 0 Å². The van der Waals surface area contributed by atoms with Gasteiger partial charge in [-0.05, 0) is 52.9 Å². The molecule has 1 unspecified atom stereocenters. The molecule has 0 saturated heterocycles. The van der Waals surface area contributed by atoms with Gasteiger partial charge < -0.3 is 14.8 Å². The molecule has 0 fully saturated rings. The van der Waals surface area contributed by atoms with Crippen molar-refractivity contribution in [2.24, 2.45) is 0 Å². The minimum Gasteiger partial charge on any atom is -0.493 e. The summed E-state index contributed by atoms with van der Waals surface area (Å²) < 4.78 is 11.8. The van der Waals surface area contributed by atoms with Gasteiger partial charge in [-0.1, -0.05) is 72.8 Å². The first-order valence-electron chi connectivity index (χ1n) is 11.6. The summed E-state index contributed by atoms with van der Waals surface area (Å²) in [7, 11) is 1.70. The van der Waals surface area contributed by atoms with Crippen LogP contribution < -0.4 is 14.8 Å². The number of nitrogens with one attached hydrogen (secondary N) is 1. The van der Waals surface area contributed by atoms with E-state index < -0.39 is 0 Å². The van der Waals surface area contributed by atoms with E-state index in [9.17, 15) is 0 Å². The molecule has 2 heterocycles. The predicted octanol–water partition coefficient (Wildman–Crippen LogP) is 6.24. The molecule has 4 aromatic rings. The zero-order chi connectivity index (χ0) is 23.2. The number of ether oxygens (including phenoxy) is 2. The number of hydrogen-bond donors (Lipinski definition) is 1. The number of hydrogen-bond acceptors (Lipinski definition) is 4. The van der Waals surface area contributed by atoms with Crippen molar-refractivity contribution in [2.45, 2.75) is 19.1 Å². The maximum atomic E-state index is 6.12. The molecular formula is C30H28N2O2. The number of aromatic nitrogens is 1. The minimum absolute atomic E-state index is 0.122.